The molecule has 1 saturated heterocycles. The summed E-state index contributed by atoms with van der Waals surface area (Å²) in [6, 6.07) is 8.04. The van der Waals surface area contributed by atoms with E-state index in [0.717, 1.165) is 57.9 Å². The predicted molar refractivity (Wildman–Crippen MR) is 95.6 cm³/mol. The topological polar surface area (TPSA) is 44.8 Å². The van der Waals surface area contributed by atoms with Crippen LogP contribution in [0.25, 0.3) is 0 Å². The van der Waals surface area contributed by atoms with Crippen LogP contribution in [0.4, 0.5) is 0 Å². The van der Waals surface area contributed by atoms with Crippen molar-refractivity contribution < 1.29 is 9.53 Å². The average Bonchev–Trinajstić information content (AvgIpc) is 3.40. The lowest BCUT2D eigenvalue weighted by atomic mass is 10.3. The van der Waals surface area contributed by atoms with Crippen molar-refractivity contribution in [2.75, 3.05) is 45.9 Å². The summed E-state index contributed by atoms with van der Waals surface area (Å²) in [5.41, 5.74) is 0. The quantitative estimate of drug-likeness (QED) is 0.778. The minimum absolute atomic E-state index is 0.202. The second-order valence-corrected chi connectivity index (χ2v) is 6.96. The van der Waals surface area contributed by atoms with Gasteiger partial charge in [0.25, 0.3) is 0 Å². The number of ether oxygens (including phenoxy) is 1. The molecule has 0 radical (unpaired) electrons. The van der Waals surface area contributed by atoms with Crippen molar-refractivity contribution in [3.63, 3.8) is 0 Å². The molecule has 1 aromatic carbocycles. The van der Waals surface area contributed by atoms with Crippen molar-refractivity contribution in [3.05, 3.63) is 29.3 Å². The zero-order valence-electron chi connectivity index (χ0n) is 14.0. The van der Waals surface area contributed by atoms with E-state index in [4.69, 9.17) is 16.3 Å². The molecule has 1 saturated carbocycles. The fourth-order valence-electron chi connectivity index (χ4n) is 2.87. The van der Waals surface area contributed by atoms with Crippen LogP contribution in [0.15, 0.2) is 24.3 Å². The van der Waals surface area contributed by atoms with Gasteiger partial charge in [0.2, 0.25) is 5.91 Å². The number of amides is 1. The number of nitrogens with zero attached hydrogens (tertiary/aromatic N) is 2. The lowest BCUT2D eigenvalue weighted by Gasteiger charge is -2.34. The molecule has 2 fully saturated rings. The summed E-state index contributed by atoms with van der Waals surface area (Å²) in [7, 11) is 0. The van der Waals surface area contributed by atoms with Crippen molar-refractivity contribution in [1.82, 2.24) is 15.1 Å². The molecule has 0 atom stereocenters. The first kappa shape index (κ1) is 17.5. The number of nitrogens with one attached hydrogen (secondary N) is 1. The molecule has 1 N–H and O–H groups in total. The molecule has 0 bridgehead atoms. The number of carbonyl (C=O) groups excluding carboxylic acids is 1. The lowest BCUT2D eigenvalue weighted by Crippen LogP contribution is -2.48. The maximum Gasteiger partial charge on any atom is 0.221 e. The van der Waals surface area contributed by atoms with E-state index < -0.39 is 0 Å². The molecule has 1 aromatic rings. The van der Waals surface area contributed by atoms with Gasteiger partial charge in [0.15, 0.2) is 0 Å². The minimum atomic E-state index is 0.202. The summed E-state index contributed by atoms with van der Waals surface area (Å²) < 4.78 is 5.75. The number of rotatable bonds is 8. The first-order chi connectivity index (χ1) is 11.7. The zero-order chi connectivity index (χ0) is 16.8. The molecule has 132 valence electrons. The molecule has 0 spiro atoms. The molecule has 0 aromatic heterocycles. The summed E-state index contributed by atoms with van der Waals surface area (Å²) in [6.07, 6.45) is 2.92. The van der Waals surface area contributed by atoms with Crippen molar-refractivity contribution in [3.8, 4) is 5.75 Å². The standard InChI is InChI=1S/C18H26ClN3O2/c19-16-3-1-2-4-17(16)24-14-13-22-11-9-21(10-12-22)8-7-18(23)20-15-5-6-15/h1-4,15H,5-14H2,(H,20,23). The lowest BCUT2D eigenvalue weighted by molar-refractivity contribution is -0.121. The van der Waals surface area contributed by atoms with Gasteiger partial charge in [-0.05, 0) is 25.0 Å². The summed E-state index contributed by atoms with van der Waals surface area (Å²) in [5, 5.41) is 3.71. The zero-order valence-corrected chi connectivity index (χ0v) is 14.8. The van der Waals surface area contributed by atoms with E-state index in [1.54, 1.807) is 0 Å². The van der Waals surface area contributed by atoms with Crippen molar-refractivity contribution >= 4 is 17.5 Å². The summed E-state index contributed by atoms with van der Waals surface area (Å²) >= 11 is 6.08. The molecule has 5 nitrogen and oxygen atoms in total. The van der Waals surface area contributed by atoms with Crippen molar-refractivity contribution in [2.24, 2.45) is 0 Å². The number of carbonyl (C=O) groups is 1. The van der Waals surface area contributed by atoms with Crippen molar-refractivity contribution in [2.45, 2.75) is 25.3 Å². The Balaban J connectivity index is 1.27. The SMILES string of the molecule is O=C(CCN1CCN(CCOc2ccccc2Cl)CC1)NC1CC1. The van der Waals surface area contributed by atoms with E-state index in [2.05, 4.69) is 15.1 Å². The van der Waals surface area contributed by atoms with Crippen LogP contribution < -0.4 is 10.1 Å². The Labute approximate surface area is 148 Å². The van der Waals surface area contributed by atoms with Gasteiger partial charge in [0, 0.05) is 51.7 Å². The summed E-state index contributed by atoms with van der Waals surface area (Å²) in [6.45, 7) is 6.50. The van der Waals surface area contributed by atoms with Crippen LogP contribution in [0.3, 0.4) is 0 Å². The molecule has 1 aliphatic heterocycles. The van der Waals surface area contributed by atoms with Gasteiger partial charge < -0.3 is 15.0 Å². The first-order valence-electron chi connectivity index (χ1n) is 8.82. The third-order valence-electron chi connectivity index (χ3n) is 4.56. The summed E-state index contributed by atoms with van der Waals surface area (Å²) in [5.74, 6) is 0.951. The van der Waals surface area contributed by atoms with Gasteiger partial charge in [-0.2, -0.15) is 0 Å². The second-order valence-electron chi connectivity index (χ2n) is 6.55. The van der Waals surface area contributed by atoms with E-state index in [1.807, 2.05) is 24.3 Å². The molecule has 3 rings (SSSR count). The molecule has 1 aliphatic carbocycles. The van der Waals surface area contributed by atoms with E-state index in [0.29, 0.717) is 24.1 Å². The number of para-hydroxylation sites is 1. The third-order valence-corrected chi connectivity index (χ3v) is 4.88. The normalized spacial score (nSPS) is 19.2. The van der Waals surface area contributed by atoms with Crippen LogP contribution in [0.1, 0.15) is 19.3 Å². The van der Waals surface area contributed by atoms with E-state index in [1.165, 1.54) is 0 Å². The van der Waals surface area contributed by atoms with Gasteiger partial charge in [-0.25, -0.2) is 0 Å². The largest absolute Gasteiger partial charge is 0.491 e. The second kappa shape index (κ2) is 8.70. The Hall–Kier alpha value is -1.30. The minimum Gasteiger partial charge on any atom is -0.491 e. The van der Waals surface area contributed by atoms with Crippen molar-refractivity contribution in [1.29, 1.82) is 0 Å². The molecule has 6 heteroatoms. The number of hydrogen-bond donors (Lipinski definition) is 1. The molecule has 1 heterocycles. The fraction of sp³-hybridized carbons (Fsp3) is 0.611. The van der Waals surface area contributed by atoms with Gasteiger partial charge in [-0.15, -0.1) is 0 Å². The van der Waals surface area contributed by atoms with E-state index >= 15 is 0 Å². The van der Waals surface area contributed by atoms with Crippen LogP contribution in [-0.2, 0) is 4.79 Å². The Morgan fingerprint density at radius 1 is 1.12 bits per heavy atom. The summed E-state index contributed by atoms with van der Waals surface area (Å²) in [4.78, 5) is 16.5. The smallest absolute Gasteiger partial charge is 0.221 e. The maximum absolute atomic E-state index is 11.7. The monoisotopic (exact) mass is 351 g/mol. The molecule has 2 aliphatic rings. The number of halogens is 1. The van der Waals surface area contributed by atoms with Crippen LogP contribution >= 0.6 is 11.6 Å². The maximum atomic E-state index is 11.7. The average molecular weight is 352 g/mol. The Morgan fingerprint density at radius 2 is 1.79 bits per heavy atom. The molecular formula is C18H26ClN3O2. The predicted octanol–water partition coefficient (Wildman–Crippen LogP) is 2.01. The van der Waals surface area contributed by atoms with Gasteiger partial charge in [-0.1, -0.05) is 23.7 Å². The molecular weight excluding hydrogens is 326 g/mol. The highest BCUT2D eigenvalue weighted by Crippen LogP contribution is 2.23. The number of hydrogen-bond acceptors (Lipinski definition) is 4. The molecule has 0 unspecified atom stereocenters. The van der Waals surface area contributed by atoms with E-state index in [9.17, 15) is 4.79 Å². The Bertz CT molecular complexity index is 543. The first-order valence-corrected chi connectivity index (χ1v) is 9.20. The van der Waals surface area contributed by atoms with Crippen LogP contribution in [0, 0.1) is 0 Å². The van der Waals surface area contributed by atoms with Crippen LogP contribution in [-0.4, -0.2) is 67.6 Å². The Kier molecular flexibility index (Phi) is 6.35. The van der Waals surface area contributed by atoms with Crippen LogP contribution in [0.2, 0.25) is 5.02 Å². The highest BCUT2D eigenvalue weighted by atomic mass is 35.5. The number of benzene rings is 1. The highest BCUT2D eigenvalue weighted by molar-refractivity contribution is 6.32. The van der Waals surface area contributed by atoms with Gasteiger partial charge in [0.05, 0.1) is 5.02 Å². The fourth-order valence-corrected chi connectivity index (χ4v) is 3.06. The highest BCUT2D eigenvalue weighted by Gasteiger charge is 2.23. The van der Waals surface area contributed by atoms with Gasteiger partial charge >= 0.3 is 0 Å². The van der Waals surface area contributed by atoms with Crippen LogP contribution in [0.5, 0.6) is 5.75 Å². The Morgan fingerprint density at radius 3 is 2.46 bits per heavy atom. The molecule has 24 heavy (non-hydrogen) atoms. The molecule has 1 amide bonds. The number of piperazine rings is 1. The van der Waals surface area contributed by atoms with Gasteiger partial charge in [0.1, 0.15) is 12.4 Å². The third kappa shape index (κ3) is 5.65. The van der Waals surface area contributed by atoms with Gasteiger partial charge in [-0.3, -0.25) is 9.69 Å². The van der Waals surface area contributed by atoms with E-state index in [-0.39, 0.29) is 5.91 Å².